The lowest BCUT2D eigenvalue weighted by atomic mass is 9.91. The lowest BCUT2D eigenvalue weighted by molar-refractivity contribution is 0.320. The standard InChI is InChI=1S/C18H37N/c1-4-7-8-9-10-11-18(19-14-5-2)17-13-12-16(6-3)15-17/h16-19H,4-15H2,1-3H3. The van der Waals surface area contributed by atoms with Gasteiger partial charge in [0, 0.05) is 6.04 Å². The normalized spacial score (nSPS) is 24.8. The zero-order chi connectivity index (χ0) is 13.9. The summed E-state index contributed by atoms with van der Waals surface area (Å²) in [6.45, 7) is 8.17. The number of hydrogen-bond acceptors (Lipinski definition) is 1. The van der Waals surface area contributed by atoms with Crippen molar-refractivity contribution in [2.45, 2.75) is 97.4 Å². The fourth-order valence-electron chi connectivity index (χ4n) is 3.65. The molecule has 1 aliphatic carbocycles. The highest BCUT2D eigenvalue weighted by Gasteiger charge is 2.29. The van der Waals surface area contributed by atoms with Crippen LogP contribution in [0, 0.1) is 11.8 Å². The number of hydrogen-bond donors (Lipinski definition) is 1. The minimum absolute atomic E-state index is 0.818. The Morgan fingerprint density at radius 3 is 2.37 bits per heavy atom. The molecular formula is C18H37N. The van der Waals surface area contributed by atoms with Crippen LogP contribution in [0.1, 0.15) is 91.4 Å². The van der Waals surface area contributed by atoms with Gasteiger partial charge in [-0.15, -0.1) is 0 Å². The molecule has 0 radical (unpaired) electrons. The molecule has 3 unspecified atom stereocenters. The van der Waals surface area contributed by atoms with Crippen LogP contribution in [-0.4, -0.2) is 12.6 Å². The van der Waals surface area contributed by atoms with E-state index in [2.05, 4.69) is 26.1 Å². The molecule has 1 rings (SSSR count). The molecule has 0 aromatic carbocycles. The van der Waals surface area contributed by atoms with Crippen molar-refractivity contribution in [3.8, 4) is 0 Å². The lowest BCUT2D eigenvalue weighted by Crippen LogP contribution is -2.35. The maximum absolute atomic E-state index is 3.85. The molecule has 1 N–H and O–H groups in total. The quantitative estimate of drug-likeness (QED) is 0.485. The topological polar surface area (TPSA) is 12.0 Å². The van der Waals surface area contributed by atoms with Crippen molar-refractivity contribution >= 4 is 0 Å². The summed E-state index contributed by atoms with van der Waals surface area (Å²) in [7, 11) is 0. The third kappa shape index (κ3) is 6.79. The van der Waals surface area contributed by atoms with Crippen molar-refractivity contribution < 1.29 is 0 Å². The average molecular weight is 268 g/mol. The Labute approximate surface area is 121 Å². The summed E-state index contributed by atoms with van der Waals surface area (Å²) in [6, 6.07) is 0.818. The van der Waals surface area contributed by atoms with Crippen molar-refractivity contribution in [2.75, 3.05) is 6.54 Å². The zero-order valence-electron chi connectivity index (χ0n) is 13.7. The van der Waals surface area contributed by atoms with Crippen LogP contribution in [-0.2, 0) is 0 Å². The first-order valence-corrected chi connectivity index (χ1v) is 9.05. The van der Waals surface area contributed by atoms with E-state index in [9.17, 15) is 0 Å². The predicted octanol–water partition coefficient (Wildman–Crippen LogP) is 5.54. The molecule has 0 bridgehead atoms. The molecule has 0 aromatic rings. The molecular weight excluding hydrogens is 230 g/mol. The van der Waals surface area contributed by atoms with Gasteiger partial charge in [-0.3, -0.25) is 0 Å². The summed E-state index contributed by atoms with van der Waals surface area (Å²) in [5.74, 6) is 2.00. The van der Waals surface area contributed by atoms with Gasteiger partial charge in [-0.1, -0.05) is 65.7 Å². The summed E-state index contributed by atoms with van der Waals surface area (Å²) >= 11 is 0. The van der Waals surface area contributed by atoms with Gasteiger partial charge in [-0.2, -0.15) is 0 Å². The van der Waals surface area contributed by atoms with Gasteiger partial charge in [-0.25, -0.2) is 0 Å². The lowest BCUT2D eigenvalue weighted by Gasteiger charge is -2.25. The first-order valence-electron chi connectivity index (χ1n) is 9.05. The van der Waals surface area contributed by atoms with Crippen LogP contribution in [0.4, 0.5) is 0 Å². The number of unbranched alkanes of at least 4 members (excludes halogenated alkanes) is 4. The van der Waals surface area contributed by atoms with E-state index in [-0.39, 0.29) is 0 Å². The first kappa shape index (κ1) is 17.0. The molecule has 1 aliphatic rings. The van der Waals surface area contributed by atoms with Crippen molar-refractivity contribution in [3.05, 3.63) is 0 Å². The van der Waals surface area contributed by atoms with Crippen molar-refractivity contribution in [1.29, 1.82) is 0 Å². The Morgan fingerprint density at radius 2 is 1.74 bits per heavy atom. The molecule has 0 aliphatic heterocycles. The van der Waals surface area contributed by atoms with Crippen LogP contribution >= 0.6 is 0 Å². The van der Waals surface area contributed by atoms with Crippen LogP contribution in [0.3, 0.4) is 0 Å². The second-order valence-electron chi connectivity index (χ2n) is 6.61. The number of nitrogens with one attached hydrogen (secondary N) is 1. The summed E-state index contributed by atoms with van der Waals surface area (Å²) in [5.41, 5.74) is 0. The maximum Gasteiger partial charge on any atom is 0.00954 e. The fraction of sp³-hybridized carbons (Fsp3) is 1.00. The molecule has 0 heterocycles. The molecule has 0 aromatic heterocycles. The van der Waals surface area contributed by atoms with Gasteiger partial charge in [0.1, 0.15) is 0 Å². The predicted molar refractivity (Wildman–Crippen MR) is 86.6 cm³/mol. The molecule has 114 valence electrons. The van der Waals surface area contributed by atoms with E-state index in [0.717, 1.165) is 17.9 Å². The molecule has 0 amide bonds. The highest BCUT2D eigenvalue weighted by Crippen LogP contribution is 2.36. The third-order valence-corrected chi connectivity index (χ3v) is 5.00. The molecule has 1 nitrogen and oxygen atoms in total. The molecule has 0 spiro atoms. The van der Waals surface area contributed by atoms with E-state index < -0.39 is 0 Å². The van der Waals surface area contributed by atoms with Gasteiger partial charge in [0.25, 0.3) is 0 Å². The monoisotopic (exact) mass is 267 g/mol. The Bertz CT molecular complexity index is 202. The second kappa shape index (κ2) is 10.7. The Kier molecular flexibility index (Phi) is 9.59. The van der Waals surface area contributed by atoms with Gasteiger partial charge < -0.3 is 5.32 Å². The van der Waals surface area contributed by atoms with Gasteiger partial charge in [0.15, 0.2) is 0 Å². The highest BCUT2D eigenvalue weighted by molar-refractivity contribution is 4.84. The van der Waals surface area contributed by atoms with Gasteiger partial charge in [0.2, 0.25) is 0 Å². The Balaban J connectivity index is 2.26. The summed E-state index contributed by atoms with van der Waals surface area (Å²) in [5, 5.41) is 3.85. The zero-order valence-corrected chi connectivity index (χ0v) is 13.7. The van der Waals surface area contributed by atoms with Crippen molar-refractivity contribution in [1.82, 2.24) is 5.32 Å². The minimum Gasteiger partial charge on any atom is -0.314 e. The average Bonchev–Trinajstić information content (AvgIpc) is 2.90. The van der Waals surface area contributed by atoms with Crippen LogP contribution in [0.15, 0.2) is 0 Å². The second-order valence-corrected chi connectivity index (χ2v) is 6.61. The molecule has 1 fully saturated rings. The van der Waals surface area contributed by atoms with E-state index >= 15 is 0 Å². The van der Waals surface area contributed by atoms with Gasteiger partial charge >= 0.3 is 0 Å². The third-order valence-electron chi connectivity index (χ3n) is 5.00. The SMILES string of the molecule is CCCCCCCC(NCCC)C1CCC(CC)C1. The van der Waals surface area contributed by atoms with E-state index in [4.69, 9.17) is 0 Å². The highest BCUT2D eigenvalue weighted by atomic mass is 14.9. The van der Waals surface area contributed by atoms with E-state index in [0.29, 0.717) is 0 Å². The Morgan fingerprint density at radius 1 is 0.947 bits per heavy atom. The molecule has 1 saturated carbocycles. The van der Waals surface area contributed by atoms with Crippen molar-refractivity contribution in [3.63, 3.8) is 0 Å². The van der Waals surface area contributed by atoms with Gasteiger partial charge in [0.05, 0.1) is 0 Å². The number of rotatable bonds is 11. The molecule has 3 atom stereocenters. The first-order chi connectivity index (χ1) is 9.31. The smallest absolute Gasteiger partial charge is 0.00954 e. The summed E-state index contributed by atoms with van der Waals surface area (Å²) in [6.07, 6.45) is 15.7. The van der Waals surface area contributed by atoms with Crippen LogP contribution in [0.25, 0.3) is 0 Å². The largest absolute Gasteiger partial charge is 0.314 e. The molecule has 1 heteroatoms. The van der Waals surface area contributed by atoms with Crippen molar-refractivity contribution in [2.24, 2.45) is 11.8 Å². The van der Waals surface area contributed by atoms with Crippen LogP contribution in [0.5, 0.6) is 0 Å². The van der Waals surface area contributed by atoms with Crippen LogP contribution in [0.2, 0.25) is 0 Å². The summed E-state index contributed by atoms with van der Waals surface area (Å²) < 4.78 is 0. The molecule has 19 heavy (non-hydrogen) atoms. The van der Waals surface area contributed by atoms with E-state index in [1.54, 1.807) is 0 Å². The molecule has 0 saturated heterocycles. The minimum atomic E-state index is 0.818. The maximum atomic E-state index is 3.85. The fourth-order valence-corrected chi connectivity index (χ4v) is 3.65. The summed E-state index contributed by atoms with van der Waals surface area (Å²) in [4.78, 5) is 0. The van der Waals surface area contributed by atoms with E-state index in [1.165, 1.54) is 77.2 Å². The van der Waals surface area contributed by atoms with Crippen LogP contribution < -0.4 is 5.32 Å². The van der Waals surface area contributed by atoms with Gasteiger partial charge in [-0.05, 0) is 44.1 Å². The Hall–Kier alpha value is -0.0400. The van der Waals surface area contributed by atoms with E-state index in [1.807, 2.05) is 0 Å².